The summed E-state index contributed by atoms with van der Waals surface area (Å²) >= 11 is 0. The standard InChI is InChI=1S/C49H95NO5/c1-3-5-7-9-11-13-15-17-19-20-21-22-23-24-25-26-27-29-31-33-35-37-39-41-43-47(53)49(55)50-45(44-51)48(54)46(52)42-40-38-36-34-32-30-28-18-16-14-12-10-8-6-4-2/h21-22,24-25,45-48,51-54H,3-20,23,26-44H2,1-2H3,(H,50,55)/b22-21-,25-24-. The molecule has 6 nitrogen and oxygen atoms in total. The number of carbonyl (C=O) groups is 1. The van der Waals surface area contributed by atoms with Crippen molar-refractivity contribution in [3.63, 3.8) is 0 Å². The molecule has 0 aromatic rings. The maximum absolute atomic E-state index is 12.5. The van der Waals surface area contributed by atoms with Gasteiger partial charge in [0.25, 0.3) is 0 Å². The van der Waals surface area contributed by atoms with Crippen LogP contribution in [0.1, 0.15) is 251 Å². The van der Waals surface area contributed by atoms with Gasteiger partial charge in [0.2, 0.25) is 5.91 Å². The summed E-state index contributed by atoms with van der Waals surface area (Å²) in [5.74, 6) is -0.587. The van der Waals surface area contributed by atoms with Gasteiger partial charge in [-0.3, -0.25) is 4.79 Å². The second-order valence-corrected chi connectivity index (χ2v) is 16.8. The maximum Gasteiger partial charge on any atom is 0.249 e. The third kappa shape index (κ3) is 38.1. The van der Waals surface area contributed by atoms with Gasteiger partial charge in [-0.1, -0.05) is 231 Å². The van der Waals surface area contributed by atoms with Gasteiger partial charge in [-0.2, -0.15) is 0 Å². The molecule has 0 aliphatic rings. The largest absolute Gasteiger partial charge is 0.394 e. The molecule has 55 heavy (non-hydrogen) atoms. The second kappa shape index (κ2) is 43.9. The summed E-state index contributed by atoms with van der Waals surface area (Å²) in [6, 6.07) is -0.986. The molecule has 0 aliphatic heterocycles. The predicted molar refractivity (Wildman–Crippen MR) is 237 cm³/mol. The first kappa shape index (κ1) is 53.8. The van der Waals surface area contributed by atoms with Crippen LogP contribution in [0.25, 0.3) is 0 Å². The highest BCUT2D eigenvalue weighted by Gasteiger charge is 2.28. The number of hydrogen-bond donors (Lipinski definition) is 5. The molecule has 0 saturated heterocycles. The van der Waals surface area contributed by atoms with Crippen LogP contribution in [-0.4, -0.2) is 57.3 Å². The summed E-state index contributed by atoms with van der Waals surface area (Å²) < 4.78 is 0. The summed E-state index contributed by atoms with van der Waals surface area (Å²) in [5.41, 5.74) is 0. The van der Waals surface area contributed by atoms with E-state index in [1.54, 1.807) is 0 Å². The highest BCUT2D eigenvalue weighted by Crippen LogP contribution is 2.17. The van der Waals surface area contributed by atoms with E-state index in [2.05, 4.69) is 43.5 Å². The van der Waals surface area contributed by atoms with E-state index in [4.69, 9.17) is 0 Å². The lowest BCUT2D eigenvalue weighted by molar-refractivity contribution is -0.132. The molecule has 5 N–H and O–H groups in total. The highest BCUT2D eigenvalue weighted by atomic mass is 16.3. The highest BCUT2D eigenvalue weighted by molar-refractivity contribution is 5.80. The number of allylic oxidation sites excluding steroid dienone is 4. The fourth-order valence-corrected chi connectivity index (χ4v) is 7.55. The minimum Gasteiger partial charge on any atom is -0.394 e. The molecule has 0 aliphatic carbocycles. The first-order valence-corrected chi connectivity index (χ1v) is 24.2. The van der Waals surface area contributed by atoms with Crippen LogP contribution in [0.4, 0.5) is 0 Å². The topological polar surface area (TPSA) is 110 Å². The Morgan fingerprint density at radius 2 is 0.782 bits per heavy atom. The Labute approximate surface area is 342 Å². The number of unbranched alkanes of at least 4 members (excludes halogenated alkanes) is 31. The molecule has 0 heterocycles. The van der Waals surface area contributed by atoms with Crippen LogP contribution in [0.2, 0.25) is 0 Å². The minimum atomic E-state index is -1.26. The molecule has 0 fully saturated rings. The number of aliphatic hydroxyl groups is 4. The first-order chi connectivity index (χ1) is 27.0. The Morgan fingerprint density at radius 1 is 0.455 bits per heavy atom. The number of hydrogen-bond acceptors (Lipinski definition) is 5. The van der Waals surface area contributed by atoms with E-state index in [0.717, 1.165) is 44.9 Å². The van der Waals surface area contributed by atoms with Crippen LogP contribution in [0.3, 0.4) is 0 Å². The van der Waals surface area contributed by atoms with Crippen LogP contribution >= 0.6 is 0 Å². The Hall–Kier alpha value is -1.21. The van der Waals surface area contributed by atoms with Gasteiger partial charge in [-0.05, 0) is 44.9 Å². The van der Waals surface area contributed by atoms with Crippen molar-refractivity contribution >= 4 is 5.91 Å². The second-order valence-electron chi connectivity index (χ2n) is 16.8. The summed E-state index contributed by atoms with van der Waals surface area (Å²) in [4.78, 5) is 12.5. The summed E-state index contributed by atoms with van der Waals surface area (Å²) in [5, 5.41) is 43.8. The fraction of sp³-hybridized carbons (Fsp3) is 0.898. The SMILES string of the molecule is CCCCCCCCCCC/C=C\C/C=C\CCCCCCCCCCC(O)C(=O)NC(CO)C(O)C(O)CCCCCCCCCCCCCCCCC. The van der Waals surface area contributed by atoms with Crippen molar-refractivity contribution < 1.29 is 25.2 Å². The molecule has 1 amide bonds. The van der Waals surface area contributed by atoms with Gasteiger partial charge < -0.3 is 25.7 Å². The van der Waals surface area contributed by atoms with Crippen molar-refractivity contribution in [3.8, 4) is 0 Å². The van der Waals surface area contributed by atoms with Crippen molar-refractivity contribution in [2.24, 2.45) is 0 Å². The first-order valence-electron chi connectivity index (χ1n) is 24.2. The summed E-state index contributed by atoms with van der Waals surface area (Å²) in [6.07, 6.45) is 50.7. The molecule has 0 rings (SSSR count). The minimum absolute atomic E-state index is 0.364. The lowest BCUT2D eigenvalue weighted by atomic mass is 9.99. The quantitative estimate of drug-likeness (QED) is 0.0313. The summed E-state index contributed by atoms with van der Waals surface area (Å²) in [7, 11) is 0. The Kier molecular flexibility index (Phi) is 42.9. The lowest BCUT2D eigenvalue weighted by Crippen LogP contribution is -2.53. The molecule has 0 saturated carbocycles. The van der Waals surface area contributed by atoms with Gasteiger partial charge in [0.1, 0.15) is 12.2 Å². The lowest BCUT2D eigenvalue weighted by Gasteiger charge is -2.27. The molecule has 6 heteroatoms. The normalized spacial score (nSPS) is 14.2. The molecule has 326 valence electrons. The predicted octanol–water partition coefficient (Wildman–Crippen LogP) is 13.1. The zero-order valence-corrected chi connectivity index (χ0v) is 36.7. The van der Waals surface area contributed by atoms with E-state index in [9.17, 15) is 25.2 Å². The van der Waals surface area contributed by atoms with Gasteiger partial charge in [0.15, 0.2) is 0 Å². The average molecular weight is 778 g/mol. The van der Waals surface area contributed by atoms with E-state index < -0.39 is 36.9 Å². The molecule has 4 atom stereocenters. The Bertz CT molecular complexity index is 832. The van der Waals surface area contributed by atoms with E-state index in [1.165, 1.54) is 180 Å². The van der Waals surface area contributed by atoms with Gasteiger partial charge in [0.05, 0.1) is 18.8 Å². The molecule has 0 radical (unpaired) electrons. The van der Waals surface area contributed by atoms with E-state index in [-0.39, 0.29) is 0 Å². The summed E-state index contributed by atoms with van der Waals surface area (Å²) in [6.45, 7) is 4.06. The maximum atomic E-state index is 12.5. The smallest absolute Gasteiger partial charge is 0.249 e. The Balaban J connectivity index is 3.70. The zero-order chi connectivity index (χ0) is 40.3. The third-order valence-electron chi connectivity index (χ3n) is 11.4. The van der Waals surface area contributed by atoms with Crippen molar-refractivity contribution in [3.05, 3.63) is 24.3 Å². The molecule has 0 spiro atoms. The molecule has 4 unspecified atom stereocenters. The number of nitrogens with one attached hydrogen (secondary N) is 1. The molecular formula is C49H95NO5. The number of aliphatic hydroxyl groups excluding tert-OH is 4. The van der Waals surface area contributed by atoms with Crippen LogP contribution in [-0.2, 0) is 4.79 Å². The van der Waals surface area contributed by atoms with Gasteiger partial charge in [-0.25, -0.2) is 0 Å². The zero-order valence-electron chi connectivity index (χ0n) is 36.7. The molecule has 0 bridgehead atoms. The Morgan fingerprint density at radius 3 is 1.15 bits per heavy atom. The van der Waals surface area contributed by atoms with E-state index >= 15 is 0 Å². The van der Waals surface area contributed by atoms with Gasteiger partial charge >= 0.3 is 0 Å². The molecule has 0 aromatic carbocycles. The average Bonchev–Trinajstić information content (AvgIpc) is 3.19. The number of amides is 1. The number of carbonyl (C=O) groups excluding carboxylic acids is 1. The van der Waals surface area contributed by atoms with Crippen molar-refractivity contribution in [2.75, 3.05) is 6.61 Å². The van der Waals surface area contributed by atoms with E-state index in [1.807, 2.05) is 0 Å². The van der Waals surface area contributed by atoms with Crippen molar-refractivity contribution in [2.45, 2.75) is 276 Å². The van der Waals surface area contributed by atoms with E-state index in [0.29, 0.717) is 12.8 Å². The van der Waals surface area contributed by atoms with Crippen LogP contribution in [0.5, 0.6) is 0 Å². The van der Waals surface area contributed by atoms with Gasteiger partial charge in [-0.15, -0.1) is 0 Å². The van der Waals surface area contributed by atoms with Crippen molar-refractivity contribution in [1.29, 1.82) is 0 Å². The molecular weight excluding hydrogens is 683 g/mol. The fourth-order valence-electron chi connectivity index (χ4n) is 7.55. The van der Waals surface area contributed by atoms with Crippen LogP contribution < -0.4 is 5.32 Å². The molecule has 0 aromatic heterocycles. The van der Waals surface area contributed by atoms with Crippen LogP contribution in [0.15, 0.2) is 24.3 Å². The third-order valence-corrected chi connectivity index (χ3v) is 11.4. The monoisotopic (exact) mass is 778 g/mol. The van der Waals surface area contributed by atoms with Gasteiger partial charge in [0, 0.05) is 0 Å². The van der Waals surface area contributed by atoms with Crippen molar-refractivity contribution in [1.82, 2.24) is 5.32 Å². The van der Waals surface area contributed by atoms with Crippen LogP contribution in [0, 0.1) is 0 Å². The number of rotatable bonds is 44.